The van der Waals surface area contributed by atoms with Gasteiger partial charge in [0, 0.05) is 18.3 Å². The number of anilines is 1. The van der Waals surface area contributed by atoms with Crippen LogP contribution >= 0.6 is 12.2 Å². The molecule has 0 spiro atoms. The fourth-order valence-electron chi connectivity index (χ4n) is 1.86. The van der Waals surface area contributed by atoms with E-state index >= 15 is 0 Å². The molecule has 0 aliphatic carbocycles. The molecular weight excluding hydrogens is 276 g/mol. The van der Waals surface area contributed by atoms with Crippen LogP contribution in [0.2, 0.25) is 0 Å². The Hall–Kier alpha value is -2.15. The van der Waals surface area contributed by atoms with Gasteiger partial charge in [-0.3, -0.25) is 9.89 Å². The Labute approximate surface area is 121 Å². The van der Waals surface area contributed by atoms with E-state index in [-0.39, 0.29) is 12.3 Å². The van der Waals surface area contributed by atoms with Gasteiger partial charge in [0.1, 0.15) is 11.6 Å². The molecule has 7 heteroatoms. The van der Waals surface area contributed by atoms with Gasteiger partial charge in [-0.1, -0.05) is 6.07 Å². The van der Waals surface area contributed by atoms with Crippen molar-refractivity contribution in [1.29, 1.82) is 0 Å². The number of carbonyl (C=O) groups excluding carboxylic acids is 1. The van der Waals surface area contributed by atoms with Crippen molar-refractivity contribution in [1.82, 2.24) is 14.8 Å². The molecule has 0 bridgehead atoms. The third kappa shape index (κ3) is 3.24. The highest BCUT2D eigenvalue weighted by Gasteiger charge is 2.10. The van der Waals surface area contributed by atoms with Crippen LogP contribution in [0.25, 0.3) is 0 Å². The van der Waals surface area contributed by atoms with E-state index in [0.29, 0.717) is 28.6 Å². The van der Waals surface area contributed by atoms with Gasteiger partial charge in [0.05, 0.1) is 13.5 Å². The number of nitrogens with zero attached hydrogens (tertiary/aromatic N) is 2. The first kappa shape index (κ1) is 14.3. The van der Waals surface area contributed by atoms with Gasteiger partial charge in [0.15, 0.2) is 4.77 Å². The standard InChI is InChI=1S/C13H16N4O2S/c1-3-17-11(15-16-13(17)20)8-12(18)14-9-5-4-6-10(7-9)19-2/h4-7H,3,8H2,1-2H3,(H,14,18)(H,16,20). The van der Waals surface area contributed by atoms with E-state index in [4.69, 9.17) is 17.0 Å². The van der Waals surface area contributed by atoms with E-state index in [1.807, 2.05) is 19.1 Å². The van der Waals surface area contributed by atoms with Gasteiger partial charge >= 0.3 is 0 Å². The largest absolute Gasteiger partial charge is 0.497 e. The summed E-state index contributed by atoms with van der Waals surface area (Å²) in [7, 11) is 1.58. The van der Waals surface area contributed by atoms with Crippen molar-refractivity contribution in [3.05, 3.63) is 34.9 Å². The second-order valence-electron chi connectivity index (χ2n) is 4.15. The molecule has 0 radical (unpaired) electrons. The number of methoxy groups -OCH3 is 1. The minimum Gasteiger partial charge on any atom is -0.497 e. The molecule has 20 heavy (non-hydrogen) atoms. The van der Waals surface area contributed by atoms with E-state index in [9.17, 15) is 4.79 Å². The van der Waals surface area contributed by atoms with E-state index in [0.717, 1.165) is 0 Å². The van der Waals surface area contributed by atoms with E-state index in [1.165, 1.54) is 0 Å². The third-order valence-corrected chi connectivity index (χ3v) is 3.14. The quantitative estimate of drug-likeness (QED) is 0.828. The molecule has 1 amide bonds. The lowest BCUT2D eigenvalue weighted by Crippen LogP contribution is -2.17. The molecule has 106 valence electrons. The predicted molar refractivity (Wildman–Crippen MR) is 78.4 cm³/mol. The zero-order valence-electron chi connectivity index (χ0n) is 11.3. The van der Waals surface area contributed by atoms with Crippen molar-refractivity contribution in [2.75, 3.05) is 12.4 Å². The maximum Gasteiger partial charge on any atom is 0.232 e. The fourth-order valence-corrected chi connectivity index (χ4v) is 2.14. The molecule has 0 aliphatic heterocycles. The number of rotatable bonds is 5. The number of carbonyl (C=O) groups is 1. The summed E-state index contributed by atoms with van der Waals surface area (Å²) in [4.78, 5) is 12.0. The lowest BCUT2D eigenvalue weighted by Gasteiger charge is -2.07. The lowest BCUT2D eigenvalue weighted by molar-refractivity contribution is -0.115. The highest BCUT2D eigenvalue weighted by molar-refractivity contribution is 7.71. The Bertz CT molecular complexity index is 662. The maximum atomic E-state index is 12.0. The summed E-state index contributed by atoms with van der Waals surface area (Å²) in [5, 5.41) is 9.56. The summed E-state index contributed by atoms with van der Waals surface area (Å²) in [5.41, 5.74) is 0.687. The van der Waals surface area contributed by atoms with Gasteiger partial charge < -0.3 is 14.6 Å². The summed E-state index contributed by atoms with van der Waals surface area (Å²) in [6.07, 6.45) is 0.165. The number of H-pyrrole nitrogens is 1. The van der Waals surface area contributed by atoms with Crippen molar-refractivity contribution in [3.63, 3.8) is 0 Å². The number of hydrogen-bond acceptors (Lipinski definition) is 4. The number of nitrogens with one attached hydrogen (secondary N) is 2. The van der Waals surface area contributed by atoms with Crippen molar-refractivity contribution < 1.29 is 9.53 Å². The molecule has 0 atom stereocenters. The molecular formula is C13H16N4O2S. The van der Waals surface area contributed by atoms with Gasteiger partial charge in [-0.15, -0.1) is 0 Å². The topological polar surface area (TPSA) is 71.9 Å². The molecule has 0 fully saturated rings. The number of aromatic amines is 1. The Morgan fingerprint density at radius 3 is 3.05 bits per heavy atom. The normalized spacial score (nSPS) is 10.3. The van der Waals surface area contributed by atoms with Crippen LogP contribution in [0.4, 0.5) is 5.69 Å². The van der Waals surface area contributed by atoms with Crippen LogP contribution in [-0.2, 0) is 17.8 Å². The molecule has 2 rings (SSSR count). The SMILES string of the molecule is CCn1c(CC(=O)Nc2cccc(OC)c2)n[nH]c1=S. The highest BCUT2D eigenvalue weighted by atomic mass is 32.1. The second kappa shape index (κ2) is 6.33. The summed E-state index contributed by atoms with van der Waals surface area (Å²) in [6, 6.07) is 7.20. The summed E-state index contributed by atoms with van der Waals surface area (Å²) in [5.74, 6) is 1.17. The van der Waals surface area contributed by atoms with Crippen LogP contribution in [0.5, 0.6) is 5.75 Å². The van der Waals surface area contributed by atoms with E-state index in [1.54, 1.807) is 23.8 Å². The molecule has 1 aromatic heterocycles. The fraction of sp³-hybridized carbons (Fsp3) is 0.308. The van der Waals surface area contributed by atoms with E-state index < -0.39 is 0 Å². The number of benzene rings is 1. The van der Waals surface area contributed by atoms with Crippen LogP contribution in [-0.4, -0.2) is 27.8 Å². The van der Waals surface area contributed by atoms with Gasteiger partial charge in [0.2, 0.25) is 5.91 Å². The van der Waals surface area contributed by atoms with Gasteiger partial charge in [-0.2, -0.15) is 5.10 Å². The molecule has 2 N–H and O–H groups in total. The number of hydrogen-bond donors (Lipinski definition) is 2. The summed E-state index contributed by atoms with van der Waals surface area (Å²) >= 11 is 5.08. The summed E-state index contributed by atoms with van der Waals surface area (Å²) < 4.78 is 7.42. The van der Waals surface area contributed by atoms with Gasteiger partial charge in [-0.05, 0) is 31.3 Å². The first-order valence-electron chi connectivity index (χ1n) is 6.22. The number of ether oxygens (including phenoxy) is 1. The molecule has 0 unspecified atom stereocenters. The smallest absolute Gasteiger partial charge is 0.232 e. The Morgan fingerprint density at radius 2 is 2.35 bits per heavy atom. The van der Waals surface area contributed by atoms with Crippen molar-refractivity contribution in [2.24, 2.45) is 0 Å². The first-order valence-corrected chi connectivity index (χ1v) is 6.63. The second-order valence-corrected chi connectivity index (χ2v) is 4.53. The zero-order chi connectivity index (χ0) is 14.5. The first-order chi connectivity index (χ1) is 9.63. The van der Waals surface area contributed by atoms with Crippen LogP contribution in [0, 0.1) is 4.77 Å². The molecule has 1 aromatic carbocycles. The third-order valence-electron chi connectivity index (χ3n) is 2.83. The Balaban J connectivity index is 2.07. The lowest BCUT2D eigenvalue weighted by atomic mass is 10.3. The molecule has 2 aromatic rings. The average molecular weight is 292 g/mol. The van der Waals surface area contributed by atoms with Crippen LogP contribution in [0.1, 0.15) is 12.7 Å². The number of aromatic nitrogens is 3. The molecule has 0 saturated carbocycles. The highest BCUT2D eigenvalue weighted by Crippen LogP contribution is 2.16. The average Bonchev–Trinajstić information content (AvgIpc) is 2.79. The maximum absolute atomic E-state index is 12.0. The predicted octanol–water partition coefficient (Wildman–Crippen LogP) is 2.15. The Kier molecular flexibility index (Phi) is 4.52. The van der Waals surface area contributed by atoms with Crippen molar-refractivity contribution >= 4 is 23.8 Å². The molecule has 0 saturated heterocycles. The molecule has 1 heterocycles. The van der Waals surface area contributed by atoms with Gasteiger partial charge in [0.25, 0.3) is 0 Å². The minimum atomic E-state index is -0.151. The van der Waals surface area contributed by atoms with Crippen LogP contribution in [0.15, 0.2) is 24.3 Å². The van der Waals surface area contributed by atoms with Crippen LogP contribution < -0.4 is 10.1 Å². The van der Waals surface area contributed by atoms with Gasteiger partial charge in [-0.25, -0.2) is 0 Å². The van der Waals surface area contributed by atoms with Crippen LogP contribution in [0.3, 0.4) is 0 Å². The monoisotopic (exact) mass is 292 g/mol. The zero-order valence-corrected chi connectivity index (χ0v) is 12.2. The molecule has 0 aliphatic rings. The summed E-state index contributed by atoms with van der Waals surface area (Å²) in [6.45, 7) is 2.63. The molecule has 6 nitrogen and oxygen atoms in total. The Morgan fingerprint density at radius 1 is 1.55 bits per heavy atom. The minimum absolute atomic E-state index is 0.151. The van der Waals surface area contributed by atoms with Crippen molar-refractivity contribution in [3.8, 4) is 5.75 Å². The van der Waals surface area contributed by atoms with E-state index in [2.05, 4.69) is 15.5 Å². The number of amides is 1. The van der Waals surface area contributed by atoms with Crippen molar-refractivity contribution in [2.45, 2.75) is 19.9 Å².